The van der Waals surface area contributed by atoms with E-state index in [2.05, 4.69) is 0 Å². The highest BCUT2D eigenvalue weighted by Gasteiger charge is 2.54. The summed E-state index contributed by atoms with van der Waals surface area (Å²) < 4.78 is 11.7. The van der Waals surface area contributed by atoms with Crippen LogP contribution in [0.4, 0.5) is 4.79 Å². The van der Waals surface area contributed by atoms with Crippen LogP contribution >= 0.6 is 0 Å². The molecule has 1 aliphatic carbocycles. The maximum absolute atomic E-state index is 12.9. The number of ether oxygens (including phenoxy) is 2. The molecule has 3 rings (SSSR count). The maximum Gasteiger partial charge on any atom is 0.413 e. The lowest BCUT2D eigenvalue weighted by atomic mass is 10.0. The Morgan fingerprint density at radius 3 is 2.50 bits per heavy atom. The van der Waals surface area contributed by atoms with Crippen molar-refractivity contribution in [3.63, 3.8) is 0 Å². The van der Waals surface area contributed by atoms with Gasteiger partial charge in [0.15, 0.2) is 0 Å². The number of rotatable bonds is 2. The number of carbonyl (C=O) groups excluding carboxylic acids is 1. The summed E-state index contributed by atoms with van der Waals surface area (Å²) in [7, 11) is 0. The summed E-state index contributed by atoms with van der Waals surface area (Å²) in [5.41, 5.74) is -0.417. The van der Waals surface area contributed by atoms with Crippen molar-refractivity contribution in [1.29, 1.82) is 0 Å². The van der Waals surface area contributed by atoms with Crippen LogP contribution in [0.1, 0.15) is 58.1 Å². The van der Waals surface area contributed by atoms with Crippen LogP contribution in [-0.4, -0.2) is 40.1 Å². The predicted molar refractivity (Wildman–Crippen MR) is 90.4 cm³/mol. The molecule has 0 radical (unpaired) electrons. The lowest BCUT2D eigenvalue weighted by Gasteiger charge is -2.38. The van der Waals surface area contributed by atoms with Crippen LogP contribution in [-0.2, 0) is 9.47 Å². The first-order chi connectivity index (χ1) is 11.3. The fourth-order valence-corrected chi connectivity index (χ4v) is 3.72. The molecule has 2 fully saturated rings. The van der Waals surface area contributed by atoms with Gasteiger partial charge in [-0.05, 0) is 52.0 Å². The Morgan fingerprint density at radius 1 is 1.29 bits per heavy atom. The van der Waals surface area contributed by atoms with Gasteiger partial charge in [-0.2, -0.15) is 0 Å². The first-order valence-corrected chi connectivity index (χ1v) is 8.72. The van der Waals surface area contributed by atoms with Crippen LogP contribution < -0.4 is 0 Å². The maximum atomic E-state index is 12.9. The third kappa shape index (κ3) is 3.28. The lowest BCUT2D eigenvalue weighted by molar-refractivity contribution is -0.0869. The topological polar surface area (TPSA) is 59.0 Å². The second-order valence-corrected chi connectivity index (χ2v) is 7.74. The molecule has 2 aliphatic rings. The highest BCUT2D eigenvalue weighted by Crippen LogP contribution is 2.45. The summed E-state index contributed by atoms with van der Waals surface area (Å²) in [6, 6.07) is 9.00. The summed E-state index contributed by atoms with van der Waals surface area (Å²) in [6.45, 7) is 5.89. The Balaban J connectivity index is 1.89. The highest BCUT2D eigenvalue weighted by atomic mass is 16.6. The van der Waals surface area contributed by atoms with Crippen molar-refractivity contribution in [2.75, 3.05) is 6.61 Å². The predicted octanol–water partition coefficient (Wildman–Crippen LogP) is 3.63. The number of aliphatic hydroxyl groups excluding tert-OH is 1. The highest BCUT2D eigenvalue weighted by molar-refractivity contribution is 5.70. The molecular weight excluding hydrogens is 306 g/mol. The largest absolute Gasteiger partial charge is 0.444 e. The zero-order valence-corrected chi connectivity index (χ0v) is 14.7. The van der Waals surface area contributed by atoms with Crippen LogP contribution in [0.3, 0.4) is 0 Å². The van der Waals surface area contributed by atoms with Crippen LogP contribution in [0.5, 0.6) is 0 Å². The van der Waals surface area contributed by atoms with Gasteiger partial charge >= 0.3 is 6.09 Å². The van der Waals surface area contributed by atoms with Crippen LogP contribution in [0.25, 0.3) is 0 Å². The van der Waals surface area contributed by atoms with E-state index in [4.69, 9.17) is 9.47 Å². The van der Waals surface area contributed by atoms with E-state index in [1.54, 1.807) is 4.90 Å². The molecule has 1 amide bonds. The third-order valence-electron chi connectivity index (χ3n) is 4.77. The van der Waals surface area contributed by atoms with Crippen molar-refractivity contribution in [3.05, 3.63) is 35.9 Å². The van der Waals surface area contributed by atoms with Crippen molar-refractivity contribution < 1.29 is 19.4 Å². The molecule has 0 aromatic heterocycles. The number of carbonyl (C=O) groups is 1. The SMILES string of the molecule is CC(C)(C)OC(=O)N1[C@@H]([C@H](O)c2ccccc2)COC12CCCC2. The van der Waals surface area contributed by atoms with E-state index in [9.17, 15) is 9.90 Å². The number of aliphatic hydroxyl groups is 1. The summed E-state index contributed by atoms with van der Waals surface area (Å²) in [6.07, 6.45) is 2.44. The molecule has 24 heavy (non-hydrogen) atoms. The van der Waals surface area contributed by atoms with Crippen LogP contribution in [0, 0.1) is 0 Å². The molecule has 0 bridgehead atoms. The van der Waals surface area contributed by atoms with Gasteiger partial charge in [-0.3, -0.25) is 4.90 Å². The van der Waals surface area contributed by atoms with E-state index in [-0.39, 0.29) is 0 Å². The molecule has 5 heteroatoms. The van der Waals surface area contributed by atoms with Gasteiger partial charge in [0.25, 0.3) is 0 Å². The Labute approximate surface area is 143 Å². The minimum absolute atomic E-state index is 0.329. The minimum atomic E-state index is -0.793. The number of hydrogen-bond acceptors (Lipinski definition) is 4. The van der Waals surface area contributed by atoms with E-state index in [0.29, 0.717) is 6.61 Å². The van der Waals surface area contributed by atoms with Gasteiger partial charge < -0.3 is 14.6 Å². The molecule has 1 heterocycles. The summed E-state index contributed by atoms with van der Waals surface area (Å²) in [5, 5.41) is 10.9. The molecular formula is C19H27NO4. The third-order valence-corrected chi connectivity index (χ3v) is 4.77. The molecule has 1 aromatic carbocycles. The monoisotopic (exact) mass is 333 g/mol. The van der Waals surface area contributed by atoms with Crippen LogP contribution in [0.2, 0.25) is 0 Å². The molecule has 0 unspecified atom stereocenters. The average molecular weight is 333 g/mol. The van der Waals surface area contributed by atoms with Crippen molar-refractivity contribution in [2.24, 2.45) is 0 Å². The molecule has 2 atom stereocenters. The van der Waals surface area contributed by atoms with E-state index < -0.39 is 29.6 Å². The van der Waals surface area contributed by atoms with Gasteiger partial charge in [-0.25, -0.2) is 4.79 Å². The van der Waals surface area contributed by atoms with Gasteiger partial charge in [0.1, 0.15) is 17.4 Å². The fraction of sp³-hybridized carbons (Fsp3) is 0.632. The van der Waals surface area contributed by atoms with Gasteiger partial charge in [0, 0.05) is 0 Å². The first-order valence-electron chi connectivity index (χ1n) is 8.72. The molecule has 1 N–H and O–H groups in total. The minimum Gasteiger partial charge on any atom is -0.444 e. The van der Waals surface area contributed by atoms with E-state index in [1.165, 1.54) is 0 Å². The normalized spacial score (nSPS) is 24.3. The number of nitrogens with zero attached hydrogens (tertiary/aromatic N) is 1. The van der Waals surface area contributed by atoms with Gasteiger partial charge in [0.05, 0.1) is 12.6 Å². The Kier molecular flexibility index (Phi) is 4.58. The van der Waals surface area contributed by atoms with Gasteiger partial charge in [0.2, 0.25) is 0 Å². The zero-order valence-electron chi connectivity index (χ0n) is 14.7. The van der Waals surface area contributed by atoms with E-state index in [1.807, 2.05) is 51.1 Å². The molecule has 1 saturated carbocycles. The molecule has 1 saturated heterocycles. The average Bonchev–Trinajstić information content (AvgIpc) is 3.14. The molecule has 1 aliphatic heterocycles. The molecule has 132 valence electrons. The fourth-order valence-electron chi connectivity index (χ4n) is 3.72. The van der Waals surface area contributed by atoms with E-state index >= 15 is 0 Å². The van der Waals surface area contributed by atoms with Gasteiger partial charge in [-0.1, -0.05) is 30.3 Å². The number of hydrogen-bond donors (Lipinski definition) is 1. The molecule has 1 aromatic rings. The van der Waals surface area contributed by atoms with Crippen molar-refractivity contribution >= 4 is 6.09 Å². The Hall–Kier alpha value is -1.59. The smallest absolute Gasteiger partial charge is 0.413 e. The molecule has 5 nitrogen and oxygen atoms in total. The summed E-state index contributed by atoms with van der Waals surface area (Å²) in [5.74, 6) is 0. The Bertz CT molecular complexity index is 575. The lowest BCUT2D eigenvalue weighted by Crippen LogP contribution is -2.53. The van der Waals surface area contributed by atoms with Crippen molar-refractivity contribution in [2.45, 2.75) is 69.9 Å². The zero-order chi connectivity index (χ0) is 17.4. The summed E-state index contributed by atoms with van der Waals surface area (Å²) in [4.78, 5) is 14.6. The quantitative estimate of drug-likeness (QED) is 0.898. The van der Waals surface area contributed by atoms with Crippen molar-refractivity contribution in [3.8, 4) is 0 Å². The van der Waals surface area contributed by atoms with Gasteiger partial charge in [-0.15, -0.1) is 0 Å². The second-order valence-electron chi connectivity index (χ2n) is 7.74. The number of amides is 1. The Morgan fingerprint density at radius 2 is 1.92 bits per heavy atom. The van der Waals surface area contributed by atoms with E-state index in [0.717, 1.165) is 31.2 Å². The number of benzene rings is 1. The summed E-state index contributed by atoms with van der Waals surface area (Å²) >= 11 is 0. The standard InChI is InChI=1S/C19H27NO4/c1-18(2,3)24-17(22)20-15(13-23-19(20)11-7-8-12-19)16(21)14-9-5-4-6-10-14/h4-6,9-10,15-16,21H,7-8,11-13H2,1-3H3/t15-,16-/m1/s1. The van der Waals surface area contributed by atoms with Crippen LogP contribution in [0.15, 0.2) is 30.3 Å². The second kappa shape index (κ2) is 6.37. The first kappa shape index (κ1) is 17.2. The molecule has 1 spiro atoms. The van der Waals surface area contributed by atoms with Crippen molar-refractivity contribution in [1.82, 2.24) is 4.90 Å².